The van der Waals surface area contributed by atoms with E-state index in [0.717, 1.165) is 5.39 Å². The third kappa shape index (κ3) is 2.15. The normalized spacial score (nSPS) is 10.4. The summed E-state index contributed by atoms with van der Waals surface area (Å²) < 4.78 is 10.5. The van der Waals surface area contributed by atoms with Crippen LogP contribution in [0.5, 0.6) is 5.75 Å². The van der Waals surface area contributed by atoms with Gasteiger partial charge in [0.15, 0.2) is 5.69 Å². The average molecular weight is 331 g/mol. The summed E-state index contributed by atoms with van der Waals surface area (Å²) >= 11 is 9.35. The predicted molar refractivity (Wildman–Crippen MR) is 72.3 cm³/mol. The van der Waals surface area contributed by atoms with Gasteiger partial charge in [-0.25, -0.2) is 9.78 Å². The summed E-state index contributed by atoms with van der Waals surface area (Å²) in [7, 11) is 2.83. The molecule has 1 aromatic heterocycles. The number of carbonyl (C=O) groups is 1. The number of benzene rings is 1. The number of nitrogens with zero attached hydrogens (tertiary/aromatic N) is 1. The van der Waals surface area contributed by atoms with Gasteiger partial charge in [-0.15, -0.1) is 0 Å². The highest BCUT2D eigenvalue weighted by Crippen LogP contribution is 2.34. The second-order valence-corrected chi connectivity index (χ2v) is 4.66. The molecule has 2 rings (SSSR count). The Morgan fingerprint density at radius 2 is 2.11 bits per heavy atom. The highest BCUT2D eigenvalue weighted by Gasteiger charge is 2.15. The monoisotopic (exact) mass is 329 g/mol. The van der Waals surface area contributed by atoms with E-state index >= 15 is 0 Å². The summed E-state index contributed by atoms with van der Waals surface area (Å²) in [4.78, 5) is 15.8. The minimum atomic E-state index is -0.526. The molecule has 94 valence electrons. The molecule has 0 aliphatic heterocycles. The number of rotatable bonds is 2. The molecule has 0 amide bonds. The van der Waals surface area contributed by atoms with Crippen LogP contribution in [0.2, 0.25) is 5.02 Å². The molecule has 0 atom stereocenters. The number of hydrogen-bond acceptors (Lipinski definition) is 4. The Kier molecular flexibility index (Phi) is 3.73. The highest BCUT2D eigenvalue weighted by molar-refractivity contribution is 9.10. The Balaban J connectivity index is 2.80. The van der Waals surface area contributed by atoms with E-state index in [4.69, 9.17) is 16.3 Å². The van der Waals surface area contributed by atoms with E-state index in [9.17, 15) is 4.79 Å². The van der Waals surface area contributed by atoms with Crippen molar-refractivity contribution in [1.82, 2.24) is 4.98 Å². The lowest BCUT2D eigenvalue weighted by atomic mass is 10.2. The molecule has 18 heavy (non-hydrogen) atoms. The molecule has 0 N–H and O–H groups in total. The van der Waals surface area contributed by atoms with Gasteiger partial charge in [0.05, 0.1) is 29.2 Å². The van der Waals surface area contributed by atoms with E-state index in [0.29, 0.717) is 20.8 Å². The molecule has 0 aliphatic carbocycles. The number of pyridine rings is 1. The Morgan fingerprint density at radius 3 is 2.72 bits per heavy atom. The van der Waals surface area contributed by atoms with Crippen LogP contribution in [-0.4, -0.2) is 25.2 Å². The molecular formula is C12H9BrClNO3. The van der Waals surface area contributed by atoms with Gasteiger partial charge < -0.3 is 9.47 Å². The lowest BCUT2D eigenvalue weighted by Gasteiger charge is -2.09. The van der Waals surface area contributed by atoms with Crippen molar-refractivity contribution in [2.75, 3.05) is 14.2 Å². The van der Waals surface area contributed by atoms with E-state index in [1.165, 1.54) is 20.3 Å². The number of halogens is 2. The number of ether oxygens (including phenoxy) is 2. The maximum Gasteiger partial charge on any atom is 0.356 e. The molecule has 6 heteroatoms. The maximum atomic E-state index is 11.5. The fraction of sp³-hybridized carbons (Fsp3) is 0.167. The molecule has 4 nitrogen and oxygen atoms in total. The van der Waals surface area contributed by atoms with Crippen LogP contribution < -0.4 is 4.74 Å². The zero-order chi connectivity index (χ0) is 13.3. The Morgan fingerprint density at radius 1 is 1.39 bits per heavy atom. The molecular weight excluding hydrogens is 321 g/mol. The second-order valence-electron chi connectivity index (χ2n) is 3.46. The summed E-state index contributed by atoms with van der Waals surface area (Å²) in [5, 5.41) is 1.28. The highest BCUT2D eigenvalue weighted by atomic mass is 79.9. The SMILES string of the molecule is COC(=O)c1cc(OC)c2ccc(Cl)c(Br)c2n1. The van der Waals surface area contributed by atoms with Crippen LogP contribution in [0.25, 0.3) is 10.9 Å². The van der Waals surface area contributed by atoms with Crippen LogP contribution in [0.3, 0.4) is 0 Å². The first-order valence-corrected chi connectivity index (χ1v) is 6.16. The molecule has 0 radical (unpaired) electrons. The van der Waals surface area contributed by atoms with Gasteiger partial charge in [0, 0.05) is 11.5 Å². The van der Waals surface area contributed by atoms with Crippen LogP contribution in [0.4, 0.5) is 0 Å². The molecule has 2 aromatic rings. The van der Waals surface area contributed by atoms with Gasteiger partial charge >= 0.3 is 5.97 Å². The van der Waals surface area contributed by atoms with Crippen molar-refractivity contribution in [2.45, 2.75) is 0 Å². The van der Waals surface area contributed by atoms with Crippen LogP contribution >= 0.6 is 27.5 Å². The maximum absolute atomic E-state index is 11.5. The zero-order valence-electron chi connectivity index (χ0n) is 9.66. The third-order valence-corrected chi connectivity index (χ3v) is 3.79. The zero-order valence-corrected chi connectivity index (χ0v) is 12.0. The summed E-state index contributed by atoms with van der Waals surface area (Å²) in [6.07, 6.45) is 0. The molecule has 0 unspecified atom stereocenters. The van der Waals surface area contributed by atoms with E-state index in [1.807, 2.05) is 0 Å². The van der Waals surface area contributed by atoms with Gasteiger partial charge in [-0.2, -0.15) is 0 Å². The Labute approximate surface area is 117 Å². The van der Waals surface area contributed by atoms with Crippen molar-refractivity contribution < 1.29 is 14.3 Å². The first-order chi connectivity index (χ1) is 8.58. The molecule has 0 saturated carbocycles. The van der Waals surface area contributed by atoms with Crippen molar-refractivity contribution in [3.05, 3.63) is 33.4 Å². The summed E-state index contributed by atoms with van der Waals surface area (Å²) in [6, 6.07) is 5.06. The van der Waals surface area contributed by atoms with Crippen LogP contribution in [-0.2, 0) is 4.74 Å². The van der Waals surface area contributed by atoms with Crippen LogP contribution in [0.15, 0.2) is 22.7 Å². The number of fused-ring (bicyclic) bond motifs is 1. The van der Waals surface area contributed by atoms with Gasteiger partial charge in [0.25, 0.3) is 0 Å². The molecule has 0 saturated heterocycles. The fourth-order valence-corrected chi connectivity index (χ4v) is 2.17. The molecule has 0 spiro atoms. The number of carbonyl (C=O) groups excluding carboxylic acids is 1. The van der Waals surface area contributed by atoms with Crippen molar-refractivity contribution in [1.29, 1.82) is 0 Å². The van der Waals surface area contributed by atoms with E-state index in [2.05, 4.69) is 25.7 Å². The van der Waals surface area contributed by atoms with Crippen molar-refractivity contribution in [3.8, 4) is 5.75 Å². The number of aromatic nitrogens is 1. The largest absolute Gasteiger partial charge is 0.496 e. The minimum Gasteiger partial charge on any atom is -0.496 e. The lowest BCUT2D eigenvalue weighted by molar-refractivity contribution is 0.0594. The smallest absolute Gasteiger partial charge is 0.356 e. The predicted octanol–water partition coefficient (Wildman–Crippen LogP) is 3.45. The van der Waals surface area contributed by atoms with E-state index in [1.54, 1.807) is 12.1 Å². The topological polar surface area (TPSA) is 48.4 Å². The number of hydrogen-bond donors (Lipinski definition) is 0. The average Bonchev–Trinajstić information content (AvgIpc) is 2.41. The molecule has 1 aromatic carbocycles. The van der Waals surface area contributed by atoms with E-state index in [-0.39, 0.29) is 5.69 Å². The van der Waals surface area contributed by atoms with Crippen LogP contribution in [0, 0.1) is 0 Å². The minimum absolute atomic E-state index is 0.171. The second kappa shape index (κ2) is 5.12. The fourth-order valence-electron chi connectivity index (χ4n) is 1.58. The van der Waals surface area contributed by atoms with Crippen molar-refractivity contribution in [2.24, 2.45) is 0 Å². The van der Waals surface area contributed by atoms with Gasteiger partial charge in [0.2, 0.25) is 0 Å². The van der Waals surface area contributed by atoms with Gasteiger partial charge in [0.1, 0.15) is 5.75 Å². The Hall–Kier alpha value is -1.33. The summed E-state index contributed by atoms with van der Waals surface area (Å²) in [6.45, 7) is 0. The van der Waals surface area contributed by atoms with Gasteiger partial charge in [-0.3, -0.25) is 0 Å². The van der Waals surface area contributed by atoms with Crippen molar-refractivity contribution >= 4 is 44.4 Å². The first kappa shape index (κ1) is 13.1. The molecule has 0 fully saturated rings. The molecule has 0 bridgehead atoms. The standard InChI is InChI=1S/C12H9BrClNO3/c1-17-9-5-8(12(16)18-2)15-11-6(9)3-4-7(14)10(11)13/h3-5H,1-2H3. The van der Waals surface area contributed by atoms with Crippen LogP contribution in [0.1, 0.15) is 10.5 Å². The Bertz CT molecular complexity index is 630. The van der Waals surface area contributed by atoms with Crippen molar-refractivity contribution in [3.63, 3.8) is 0 Å². The van der Waals surface area contributed by atoms with Gasteiger partial charge in [-0.1, -0.05) is 11.6 Å². The van der Waals surface area contributed by atoms with Gasteiger partial charge in [-0.05, 0) is 28.1 Å². The number of esters is 1. The van der Waals surface area contributed by atoms with E-state index < -0.39 is 5.97 Å². The quantitative estimate of drug-likeness (QED) is 0.791. The molecule has 0 aliphatic rings. The first-order valence-electron chi connectivity index (χ1n) is 4.99. The number of methoxy groups -OCH3 is 2. The summed E-state index contributed by atoms with van der Waals surface area (Å²) in [5.74, 6) is 0.0137. The lowest BCUT2D eigenvalue weighted by Crippen LogP contribution is -2.05. The molecule has 1 heterocycles. The summed E-state index contributed by atoms with van der Waals surface area (Å²) in [5.41, 5.74) is 0.729. The third-order valence-electron chi connectivity index (χ3n) is 2.45.